The molecule has 1 unspecified atom stereocenters. The highest BCUT2D eigenvalue weighted by atomic mass is 19.4. The van der Waals surface area contributed by atoms with Crippen LogP contribution in [0.4, 0.5) is 23.2 Å². The number of halogens is 4. The Morgan fingerprint density at radius 2 is 1.76 bits per heavy atom. The number of carbonyl (C=O) groups is 2. The quantitative estimate of drug-likeness (QED) is 0.507. The highest BCUT2D eigenvalue weighted by Crippen LogP contribution is 2.29. The average molecular weight is 249 g/mol. The van der Waals surface area contributed by atoms with Crippen LogP contribution < -0.4 is 5.32 Å². The Labute approximate surface area is 93.4 Å². The summed E-state index contributed by atoms with van der Waals surface area (Å²) in [6.45, 7) is 0. The highest BCUT2D eigenvalue weighted by Gasteiger charge is 2.30. The maximum Gasteiger partial charge on any atom is 0.416 e. The van der Waals surface area contributed by atoms with E-state index >= 15 is 0 Å². The van der Waals surface area contributed by atoms with Crippen LogP contribution in [0, 0.1) is 0 Å². The minimum absolute atomic E-state index is 0.0208. The molecule has 0 aliphatic carbocycles. The van der Waals surface area contributed by atoms with E-state index in [0.29, 0.717) is 0 Å². The summed E-state index contributed by atoms with van der Waals surface area (Å²) < 4.78 is 49.0. The first kappa shape index (κ1) is 13.1. The summed E-state index contributed by atoms with van der Waals surface area (Å²) in [7, 11) is 0. The van der Waals surface area contributed by atoms with E-state index in [4.69, 9.17) is 0 Å². The van der Waals surface area contributed by atoms with Gasteiger partial charge in [-0.2, -0.15) is 13.2 Å². The molecule has 1 amide bonds. The van der Waals surface area contributed by atoms with Crippen molar-refractivity contribution in [2.45, 2.75) is 12.3 Å². The van der Waals surface area contributed by atoms with Crippen molar-refractivity contribution < 1.29 is 27.2 Å². The molecule has 0 heterocycles. The van der Waals surface area contributed by atoms with E-state index in [9.17, 15) is 27.2 Å². The third kappa shape index (κ3) is 3.54. The summed E-state index contributed by atoms with van der Waals surface area (Å²) in [5, 5.41) is 1.96. The third-order valence-electron chi connectivity index (χ3n) is 1.85. The Balaban J connectivity index is 2.76. The van der Waals surface area contributed by atoms with Crippen LogP contribution in [0.25, 0.3) is 0 Å². The van der Waals surface area contributed by atoms with Gasteiger partial charge in [-0.1, -0.05) is 0 Å². The molecule has 7 heteroatoms. The molecule has 1 aromatic carbocycles. The van der Waals surface area contributed by atoms with Crippen LogP contribution in [-0.4, -0.2) is 18.4 Å². The molecular formula is C10H7F4NO2. The first-order valence-electron chi connectivity index (χ1n) is 4.42. The van der Waals surface area contributed by atoms with Gasteiger partial charge < -0.3 is 5.32 Å². The zero-order valence-corrected chi connectivity index (χ0v) is 8.29. The Bertz CT molecular complexity index is 413. The van der Waals surface area contributed by atoms with Crippen molar-refractivity contribution in [1.82, 2.24) is 0 Å². The van der Waals surface area contributed by atoms with Gasteiger partial charge in [-0.15, -0.1) is 0 Å². The largest absolute Gasteiger partial charge is 0.416 e. The molecule has 0 saturated carbocycles. The number of carbonyl (C=O) groups excluding carboxylic acids is 2. The van der Waals surface area contributed by atoms with E-state index in [1.807, 2.05) is 5.32 Å². The van der Waals surface area contributed by atoms with Crippen LogP contribution in [0.3, 0.4) is 0 Å². The molecule has 1 rings (SSSR count). The second kappa shape index (κ2) is 4.94. The van der Waals surface area contributed by atoms with E-state index in [-0.39, 0.29) is 12.0 Å². The summed E-state index contributed by atoms with van der Waals surface area (Å²) >= 11 is 0. The fourth-order valence-electron chi connectivity index (χ4n) is 1.02. The van der Waals surface area contributed by atoms with Crippen molar-refractivity contribution in [1.29, 1.82) is 0 Å². The van der Waals surface area contributed by atoms with Gasteiger partial charge >= 0.3 is 6.18 Å². The Morgan fingerprint density at radius 1 is 1.24 bits per heavy atom. The SMILES string of the molecule is O=CC(F)C(=O)Nc1ccc(C(F)(F)F)cc1. The molecular weight excluding hydrogens is 242 g/mol. The molecule has 3 nitrogen and oxygen atoms in total. The lowest BCUT2D eigenvalue weighted by molar-refractivity contribution is -0.137. The van der Waals surface area contributed by atoms with Crippen LogP contribution in [0.2, 0.25) is 0 Å². The molecule has 17 heavy (non-hydrogen) atoms. The number of benzene rings is 1. The zero-order chi connectivity index (χ0) is 13.1. The van der Waals surface area contributed by atoms with Crippen LogP contribution in [0.5, 0.6) is 0 Å². The Kier molecular flexibility index (Phi) is 3.82. The summed E-state index contributed by atoms with van der Waals surface area (Å²) in [6.07, 6.45) is -7.02. The molecule has 1 N–H and O–H groups in total. The lowest BCUT2D eigenvalue weighted by Gasteiger charge is -2.08. The summed E-state index contributed by atoms with van der Waals surface area (Å²) in [4.78, 5) is 20.8. The average Bonchev–Trinajstić information content (AvgIpc) is 2.27. The first-order valence-corrected chi connectivity index (χ1v) is 4.42. The second-order valence-electron chi connectivity index (χ2n) is 3.10. The first-order chi connectivity index (χ1) is 7.84. The van der Waals surface area contributed by atoms with Crippen molar-refractivity contribution >= 4 is 17.9 Å². The summed E-state index contributed by atoms with van der Waals surface area (Å²) in [6, 6.07) is 3.42. The van der Waals surface area contributed by atoms with Crippen molar-refractivity contribution in [2.24, 2.45) is 0 Å². The molecule has 0 saturated heterocycles. The predicted molar refractivity (Wildman–Crippen MR) is 51.0 cm³/mol. The van der Waals surface area contributed by atoms with E-state index in [1.165, 1.54) is 0 Å². The van der Waals surface area contributed by atoms with Crippen molar-refractivity contribution in [3.63, 3.8) is 0 Å². The van der Waals surface area contributed by atoms with Gasteiger partial charge in [0.25, 0.3) is 5.91 Å². The molecule has 0 bridgehead atoms. The zero-order valence-electron chi connectivity index (χ0n) is 8.29. The lowest BCUT2D eigenvalue weighted by Crippen LogP contribution is -2.25. The van der Waals surface area contributed by atoms with Crippen molar-refractivity contribution in [3.05, 3.63) is 29.8 Å². The molecule has 92 valence electrons. The van der Waals surface area contributed by atoms with E-state index < -0.39 is 23.8 Å². The number of amides is 1. The number of nitrogens with one attached hydrogen (secondary N) is 1. The van der Waals surface area contributed by atoms with Crippen LogP contribution in [-0.2, 0) is 15.8 Å². The maximum atomic E-state index is 12.5. The molecule has 0 aromatic heterocycles. The Morgan fingerprint density at radius 3 is 2.18 bits per heavy atom. The number of rotatable bonds is 3. The van der Waals surface area contributed by atoms with Crippen LogP contribution in [0.1, 0.15) is 5.56 Å². The van der Waals surface area contributed by atoms with Gasteiger partial charge in [0.2, 0.25) is 6.17 Å². The predicted octanol–water partition coefficient (Wildman–Crippen LogP) is 2.18. The monoisotopic (exact) mass is 249 g/mol. The minimum Gasteiger partial charge on any atom is -0.323 e. The fourth-order valence-corrected chi connectivity index (χ4v) is 1.02. The lowest BCUT2D eigenvalue weighted by atomic mass is 10.2. The van der Waals surface area contributed by atoms with E-state index in [2.05, 4.69) is 0 Å². The fraction of sp³-hybridized carbons (Fsp3) is 0.200. The summed E-state index contributed by atoms with van der Waals surface area (Å²) in [5.74, 6) is -1.22. The number of anilines is 1. The standard InChI is InChI=1S/C10H7F4NO2/c11-8(5-16)9(17)15-7-3-1-6(2-4-7)10(12,13)14/h1-5,8H,(H,15,17). The van der Waals surface area contributed by atoms with E-state index in [0.717, 1.165) is 24.3 Å². The second-order valence-corrected chi connectivity index (χ2v) is 3.10. The van der Waals surface area contributed by atoms with Crippen LogP contribution >= 0.6 is 0 Å². The van der Waals surface area contributed by atoms with Gasteiger partial charge in [0.1, 0.15) is 0 Å². The number of alkyl halides is 4. The van der Waals surface area contributed by atoms with Crippen LogP contribution in [0.15, 0.2) is 24.3 Å². The van der Waals surface area contributed by atoms with Crippen molar-refractivity contribution in [2.75, 3.05) is 5.32 Å². The van der Waals surface area contributed by atoms with Gasteiger partial charge in [-0.3, -0.25) is 9.59 Å². The molecule has 0 aliphatic rings. The summed E-state index contributed by atoms with van der Waals surface area (Å²) in [5.41, 5.74) is -0.907. The molecule has 0 radical (unpaired) electrons. The van der Waals surface area contributed by atoms with Gasteiger partial charge in [-0.25, -0.2) is 4.39 Å². The Hall–Kier alpha value is -1.92. The van der Waals surface area contributed by atoms with E-state index in [1.54, 1.807) is 0 Å². The molecule has 1 aromatic rings. The molecule has 0 aliphatic heterocycles. The number of aldehydes is 1. The van der Waals surface area contributed by atoms with Crippen molar-refractivity contribution in [3.8, 4) is 0 Å². The normalized spacial score (nSPS) is 12.9. The van der Waals surface area contributed by atoms with Gasteiger partial charge in [0.05, 0.1) is 5.56 Å². The number of hydrogen-bond acceptors (Lipinski definition) is 2. The highest BCUT2D eigenvalue weighted by molar-refractivity contribution is 6.03. The third-order valence-corrected chi connectivity index (χ3v) is 1.85. The molecule has 0 spiro atoms. The van der Waals surface area contributed by atoms with Gasteiger partial charge in [0.15, 0.2) is 6.29 Å². The smallest absolute Gasteiger partial charge is 0.323 e. The molecule has 1 atom stereocenters. The molecule has 0 fully saturated rings. The maximum absolute atomic E-state index is 12.5. The number of hydrogen-bond donors (Lipinski definition) is 1. The van der Waals surface area contributed by atoms with Gasteiger partial charge in [-0.05, 0) is 24.3 Å². The minimum atomic E-state index is -4.48. The topological polar surface area (TPSA) is 46.2 Å². The van der Waals surface area contributed by atoms with Gasteiger partial charge in [0, 0.05) is 5.69 Å².